The maximum atomic E-state index is 11.4. The highest BCUT2D eigenvalue weighted by Gasteiger charge is 2.25. The van der Waals surface area contributed by atoms with Gasteiger partial charge in [-0.2, -0.15) is 5.26 Å². The fourth-order valence-corrected chi connectivity index (χ4v) is 3.50. The lowest BCUT2D eigenvalue weighted by Crippen LogP contribution is -2.41. The molecule has 0 aromatic heterocycles. The van der Waals surface area contributed by atoms with Gasteiger partial charge < -0.3 is 5.32 Å². The predicted octanol–water partition coefficient (Wildman–Crippen LogP) is 1.09. The zero-order valence-electron chi connectivity index (χ0n) is 9.99. The fraction of sp³-hybridized carbons (Fsp3) is 0.909. The van der Waals surface area contributed by atoms with E-state index in [9.17, 15) is 8.42 Å². The standard InChI is InChI=1S/C11H20N2O2S/c1-11(2,9-12)5-6-13-10-4-3-7-16(14,15)8-10/h10,13H,3-8H2,1-2H3. The van der Waals surface area contributed by atoms with Crippen molar-refractivity contribution in [3.63, 3.8) is 0 Å². The highest BCUT2D eigenvalue weighted by Crippen LogP contribution is 2.18. The summed E-state index contributed by atoms with van der Waals surface area (Å²) in [7, 11) is -2.83. The van der Waals surface area contributed by atoms with E-state index in [-0.39, 0.29) is 17.2 Å². The van der Waals surface area contributed by atoms with E-state index in [2.05, 4.69) is 11.4 Å². The Labute approximate surface area is 98.0 Å². The zero-order valence-corrected chi connectivity index (χ0v) is 10.8. The molecule has 0 amide bonds. The summed E-state index contributed by atoms with van der Waals surface area (Å²) in [6, 6.07) is 2.31. The third-order valence-corrected chi connectivity index (χ3v) is 4.77. The Morgan fingerprint density at radius 3 is 2.75 bits per heavy atom. The van der Waals surface area contributed by atoms with Crippen molar-refractivity contribution < 1.29 is 8.42 Å². The summed E-state index contributed by atoms with van der Waals surface area (Å²) in [6.07, 6.45) is 2.42. The molecule has 1 heterocycles. The summed E-state index contributed by atoms with van der Waals surface area (Å²) >= 11 is 0. The highest BCUT2D eigenvalue weighted by atomic mass is 32.2. The third-order valence-electron chi connectivity index (χ3n) is 2.95. The lowest BCUT2D eigenvalue weighted by molar-refractivity contribution is 0.401. The lowest BCUT2D eigenvalue weighted by Gasteiger charge is -2.24. The second-order valence-corrected chi connectivity index (χ2v) is 7.38. The van der Waals surface area contributed by atoms with Crippen LogP contribution in [0.4, 0.5) is 0 Å². The second-order valence-electron chi connectivity index (χ2n) is 5.15. The van der Waals surface area contributed by atoms with Crippen molar-refractivity contribution in [3.8, 4) is 6.07 Å². The van der Waals surface area contributed by atoms with Gasteiger partial charge in [0.05, 0.1) is 23.0 Å². The van der Waals surface area contributed by atoms with Crippen LogP contribution in [-0.4, -0.2) is 32.5 Å². The molecule has 92 valence electrons. The van der Waals surface area contributed by atoms with Crippen molar-refractivity contribution in [3.05, 3.63) is 0 Å². The Bertz CT molecular complexity index is 368. The van der Waals surface area contributed by atoms with E-state index in [1.54, 1.807) is 0 Å². The summed E-state index contributed by atoms with van der Waals surface area (Å²) in [5, 5.41) is 12.1. The predicted molar refractivity (Wildman–Crippen MR) is 63.7 cm³/mol. The molecule has 0 aliphatic carbocycles. The molecule has 1 rings (SSSR count). The van der Waals surface area contributed by atoms with Gasteiger partial charge in [0.1, 0.15) is 0 Å². The summed E-state index contributed by atoms with van der Waals surface area (Å²) in [5.41, 5.74) is -0.333. The molecule has 0 saturated carbocycles. The first-order chi connectivity index (χ1) is 7.35. The SMILES string of the molecule is CC(C)(C#N)CCNC1CCCS(=O)(=O)C1. The Kier molecular flexibility index (Phi) is 4.34. The van der Waals surface area contributed by atoms with E-state index < -0.39 is 9.84 Å². The smallest absolute Gasteiger partial charge is 0.151 e. The molecular formula is C11H20N2O2S. The van der Waals surface area contributed by atoms with E-state index >= 15 is 0 Å². The van der Waals surface area contributed by atoms with Crippen molar-refractivity contribution in [1.82, 2.24) is 5.32 Å². The molecule has 0 aromatic rings. The minimum Gasteiger partial charge on any atom is -0.313 e. The number of hydrogen-bond acceptors (Lipinski definition) is 4. The average molecular weight is 244 g/mol. The number of nitrogens with zero attached hydrogens (tertiary/aromatic N) is 1. The van der Waals surface area contributed by atoms with Gasteiger partial charge >= 0.3 is 0 Å². The van der Waals surface area contributed by atoms with E-state index in [4.69, 9.17) is 5.26 Å². The van der Waals surface area contributed by atoms with Gasteiger partial charge in [0, 0.05) is 6.04 Å². The molecule has 4 nitrogen and oxygen atoms in total. The number of hydrogen-bond donors (Lipinski definition) is 1. The Morgan fingerprint density at radius 1 is 1.50 bits per heavy atom. The van der Waals surface area contributed by atoms with Gasteiger partial charge in [-0.05, 0) is 39.7 Å². The molecule has 1 aliphatic rings. The molecule has 1 aliphatic heterocycles. The molecule has 1 unspecified atom stereocenters. The molecule has 1 fully saturated rings. The fourth-order valence-electron chi connectivity index (χ4n) is 1.83. The van der Waals surface area contributed by atoms with Crippen LogP contribution < -0.4 is 5.32 Å². The number of nitrogens with one attached hydrogen (secondary N) is 1. The number of nitriles is 1. The maximum absolute atomic E-state index is 11.4. The monoisotopic (exact) mass is 244 g/mol. The molecule has 5 heteroatoms. The van der Waals surface area contributed by atoms with E-state index in [1.165, 1.54) is 0 Å². The van der Waals surface area contributed by atoms with Gasteiger partial charge in [-0.3, -0.25) is 0 Å². The van der Waals surface area contributed by atoms with Crippen LogP contribution >= 0.6 is 0 Å². The summed E-state index contributed by atoms with van der Waals surface area (Å²) < 4.78 is 22.8. The molecule has 1 atom stereocenters. The van der Waals surface area contributed by atoms with Gasteiger partial charge in [0.15, 0.2) is 9.84 Å². The first-order valence-corrected chi connectivity index (χ1v) is 7.52. The minimum absolute atomic E-state index is 0.0771. The van der Waals surface area contributed by atoms with Crippen molar-refractivity contribution in [2.24, 2.45) is 5.41 Å². The van der Waals surface area contributed by atoms with Crippen LogP contribution in [0, 0.1) is 16.7 Å². The van der Waals surface area contributed by atoms with Crippen LogP contribution in [0.3, 0.4) is 0 Å². The number of sulfone groups is 1. The van der Waals surface area contributed by atoms with Gasteiger partial charge in [-0.1, -0.05) is 0 Å². The topological polar surface area (TPSA) is 70.0 Å². The Hall–Kier alpha value is -0.600. The van der Waals surface area contributed by atoms with Gasteiger partial charge in [0.2, 0.25) is 0 Å². The van der Waals surface area contributed by atoms with E-state index in [0.717, 1.165) is 19.3 Å². The lowest BCUT2D eigenvalue weighted by atomic mass is 9.91. The Morgan fingerprint density at radius 2 is 2.19 bits per heavy atom. The molecule has 16 heavy (non-hydrogen) atoms. The minimum atomic E-state index is -2.83. The summed E-state index contributed by atoms with van der Waals surface area (Å²) in [4.78, 5) is 0. The zero-order chi connectivity index (χ0) is 12.2. The summed E-state index contributed by atoms with van der Waals surface area (Å²) in [5.74, 6) is 0.578. The quantitative estimate of drug-likeness (QED) is 0.803. The molecule has 0 spiro atoms. The van der Waals surface area contributed by atoms with E-state index in [1.807, 2.05) is 13.8 Å². The van der Waals surface area contributed by atoms with Crippen LogP contribution in [0.1, 0.15) is 33.1 Å². The van der Waals surface area contributed by atoms with Crippen LogP contribution in [-0.2, 0) is 9.84 Å². The molecular weight excluding hydrogens is 224 g/mol. The van der Waals surface area contributed by atoms with E-state index in [0.29, 0.717) is 12.3 Å². The van der Waals surface area contributed by atoms with Crippen molar-refractivity contribution in [2.45, 2.75) is 39.2 Å². The largest absolute Gasteiger partial charge is 0.313 e. The van der Waals surface area contributed by atoms with Gasteiger partial charge in [-0.25, -0.2) is 8.42 Å². The molecule has 1 N–H and O–H groups in total. The van der Waals surface area contributed by atoms with Gasteiger partial charge in [-0.15, -0.1) is 0 Å². The molecule has 0 radical (unpaired) electrons. The number of rotatable bonds is 4. The summed E-state index contributed by atoms with van der Waals surface area (Å²) in [6.45, 7) is 4.50. The molecule has 0 bridgehead atoms. The average Bonchev–Trinajstić information content (AvgIpc) is 2.16. The molecule has 1 saturated heterocycles. The van der Waals surface area contributed by atoms with Crippen molar-refractivity contribution in [1.29, 1.82) is 5.26 Å². The normalized spacial score (nSPS) is 24.9. The van der Waals surface area contributed by atoms with Crippen LogP contribution in [0.25, 0.3) is 0 Å². The molecule has 0 aromatic carbocycles. The van der Waals surface area contributed by atoms with Crippen LogP contribution in [0.2, 0.25) is 0 Å². The first kappa shape index (κ1) is 13.5. The van der Waals surface area contributed by atoms with Crippen molar-refractivity contribution >= 4 is 9.84 Å². The second kappa shape index (κ2) is 5.15. The van der Waals surface area contributed by atoms with Crippen LogP contribution in [0.15, 0.2) is 0 Å². The third kappa shape index (κ3) is 4.50. The Balaban J connectivity index is 2.32. The van der Waals surface area contributed by atoms with Crippen LogP contribution in [0.5, 0.6) is 0 Å². The first-order valence-electron chi connectivity index (χ1n) is 5.70. The highest BCUT2D eigenvalue weighted by molar-refractivity contribution is 7.91. The van der Waals surface area contributed by atoms with Gasteiger partial charge in [0.25, 0.3) is 0 Å². The maximum Gasteiger partial charge on any atom is 0.151 e. The van der Waals surface area contributed by atoms with Crippen molar-refractivity contribution in [2.75, 3.05) is 18.1 Å².